The van der Waals surface area contributed by atoms with Crippen molar-refractivity contribution in [3.63, 3.8) is 0 Å². The summed E-state index contributed by atoms with van der Waals surface area (Å²) in [6.45, 7) is 0. The molecule has 0 aliphatic carbocycles. The molecule has 5 atom stereocenters. The molecule has 0 aromatic heterocycles. The summed E-state index contributed by atoms with van der Waals surface area (Å²) < 4.78 is 14.3. The Morgan fingerprint density at radius 3 is 2.04 bits per heavy atom. The van der Waals surface area contributed by atoms with Crippen LogP contribution >= 0.6 is 0 Å². The second-order valence-electron chi connectivity index (χ2n) is 5.18. The van der Waals surface area contributed by atoms with E-state index in [9.17, 15) is 29.7 Å². The number of rotatable bonds is 4. The molecule has 0 spiro atoms. The number of aliphatic hydroxyl groups is 3. The van der Waals surface area contributed by atoms with Crippen LogP contribution in [0.1, 0.15) is 20.7 Å². The van der Waals surface area contributed by atoms with Crippen molar-refractivity contribution in [3.05, 3.63) is 35.4 Å². The molecule has 1 aromatic carbocycles. The van der Waals surface area contributed by atoms with Crippen LogP contribution in [-0.2, 0) is 19.0 Å². The molecule has 2 rings (SSSR count). The maximum absolute atomic E-state index is 12.3. The summed E-state index contributed by atoms with van der Waals surface area (Å²) in [5.74, 6) is -3.54. The van der Waals surface area contributed by atoms with Crippen LogP contribution in [-0.4, -0.2) is 76.1 Å². The quantitative estimate of drug-likeness (QED) is 0.469. The summed E-state index contributed by atoms with van der Waals surface area (Å²) in [6.07, 6.45) is -9.49. The zero-order valence-corrected chi connectivity index (χ0v) is 12.9. The Morgan fingerprint density at radius 1 is 0.960 bits per heavy atom. The van der Waals surface area contributed by atoms with Crippen LogP contribution < -0.4 is 0 Å². The molecule has 10 heteroatoms. The summed E-state index contributed by atoms with van der Waals surface area (Å²) in [7, 11) is 1.12. The van der Waals surface area contributed by atoms with Gasteiger partial charge >= 0.3 is 17.9 Å². The highest BCUT2D eigenvalue weighted by Gasteiger charge is 2.48. The van der Waals surface area contributed by atoms with Gasteiger partial charge in [0.1, 0.15) is 18.3 Å². The Kier molecular flexibility index (Phi) is 5.69. The van der Waals surface area contributed by atoms with Gasteiger partial charge in [-0.3, -0.25) is 0 Å². The number of carboxylic acids is 1. The van der Waals surface area contributed by atoms with Gasteiger partial charge in [-0.1, -0.05) is 12.1 Å². The Labute approximate surface area is 141 Å². The smallest absolute Gasteiger partial charge is 0.341 e. The molecule has 136 valence electrons. The highest BCUT2D eigenvalue weighted by Crippen LogP contribution is 2.24. The molecule has 0 amide bonds. The molecule has 0 unspecified atom stereocenters. The molecule has 1 saturated heterocycles. The average molecular weight is 356 g/mol. The number of ether oxygens (including phenoxy) is 3. The first kappa shape index (κ1) is 18.8. The standard InChI is InChI=1S/C15H16O10/c1-23-13(21)6-4-2-3-5-7(6)14(22)25-15-10(18)8(16)9(17)11(24-15)12(19)20/h2-5,8-11,15-18H,1H3,(H,19,20)/t8-,9+,10-,11+,15-/m1/s1. The lowest BCUT2D eigenvalue weighted by molar-refractivity contribution is -0.278. The minimum atomic E-state index is -1.91. The zero-order chi connectivity index (χ0) is 18.7. The Bertz CT molecular complexity index is 672. The predicted octanol–water partition coefficient (Wildman–Crippen LogP) is -1.48. The van der Waals surface area contributed by atoms with Gasteiger partial charge in [0.05, 0.1) is 18.2 Å². The van der Waals surface area contributed by atoms with Crippen LogP contribution in [0, 0.1) is 0 Å². The zero-order valence-electron chi connectivity index (χ0n) is 12.9. The largest absolute Gasteiger partial charge is 0.479 e. The lowest BCUT2D eigenvalue weighted by atomic mass is 9.99. The SMILES string of the molecule is COC(=O)c1ccccc1C(=O)O[C@H]1O[C@H](C(=O)O)[C@@H](O)[C@@H](O)[C@H]1O. The number of carbonyl (C=O) groups excluding carboxylic acids is 2. The van der Waals surface area contributed by atoms with Gasteiger partial charge in [-0.05, 0) is 12.1 Å². The van der Waals surface area contributed by atoms with Crippen LogP contribution in [0.3, 0.4) is 0 Å². The third-order valence-electron chi connectivity index (χ3n) is 3.59. The minimum absolute atomic E-state index is 0.115. The van der Waals surface area contributed by atoms with E-state index < -0.39 is 48.6 Å². The van der Waals surface area contributed by atoms with Crippen molar-refractivity contribution >= 4 is 17.9 Å². The fourth-order valence-corrected chi connectivity index (χ4v) is 2.27. The molecule has 1 heterocycles. The van der Waals surface area contributed by atoms with Gasteiger partial charge in [-0.25, -0.2) is 14.4 Å². The van der Waals surface area contributed by atoms with Gasteiger partial charge in [0.2, 0.25) is 6.29 Å². The molecule has 0 radical (unpaired) electrons. The van der Waals surface area contributed by atoms with Crippen molar-refractivity contribution in [2.45, 2.75) is 30.7 Å². The van der Waals surface area contributed by atoms with Crippen molar-refractivity contribution in [1.29, 1.82) is 0 Å². The Balaban J connectivity index is 2.22. The van der Waals surface area contributed by atoms with Gasteiger partial charge in [0.15, 0.2) is 6.10 Å². The van der Waals surface area contributed by atoms with Crippen molar-refractivity contribution in [2.75, 3.05) is 7.11 Å². The number of benzene rings is 1. The second-order valence-corrected chi connectivity index (χ2v) is 5.18. The molecule has 1 aliphatic rings. The highest BCUT2D eigenvalue weighted by atomic mass is 16.7. The number of aliphatic carboxylic acids is 1. The average Bonchev–Trinajstić information content (AvgIpc) is 2.61. The van der Waals surface area contributed by atoms with E-state index in [0.29, 0.717) is 0 Å². The number of esters is 2. The van der Waals surface area contributed by atoms with Gasteiger partial charge in [-0.2, -0.15) is 0 Å². The molecular weight excluding hydrogens is 340 g/mol. The monoisotopic (exact) mass is 356 g/mol. The van der Waals surface area contributed by atoms with E-state index in [2.05, 4.69) is 4.74 Å². The molecule has 1 aromatic rings. The molecule has 0 saturated carbocycles. The van der Waals surface area contributed by atoms with E-state index in [1.165, 1.54) is 24.3 Å². The first-order valence-corrected chi connectivity index (χ1v) is 7.08. The second kappa shape index (κ2) is 7.57. The Morgan fingerprint density at radius 2 is 1.52 bits per heavy atom. The number of hydrogen-bond acceptors (Lipinski definition) is 9. The van der Waals surface area contributed by atoms with Crippen molar-refractivity contribution in [1.82, 2.24) is 0 Å². The van der Waals surface area contributed by atoms with Gasteiger partial charge in [0, 0.05) is 0 Å². The first-order chi connectivity index (χ1) is 11.8. The predicted molar refractivity (Wildman–Crippen MR) is 77.5 cm³/mol. The van der Waals surface area contributed by atoms with E-state index in [-0.39, 0.29) is 11.1 Å². The lowest BCUT2D eigenvalue weighted by Crippen LogP contribution is -2.60. The third kappa shape index (κ3) is 3.77. The fourth-order valence-electron chi connectivity index (χ4n) is 2.27. The van der Waals surface area contributed by atoms with Gasteiger partial charge in [0.25, 0.3) is 0 Å². The number of carbonyl (C=O) groups is 3. The number of carboxylic acid groups (broad SMARTS) is 1. The number of methoxy groups -OCH3 is 1. The molecule has 1 aliphatic heterocycles. The van der Waals surface area contributed by atoms with E-state index in [1.807, 2.05) is 0 Å². The van der Waals surface area contributed by atoms with Crippen LogP contribution in [0.4, 0.5) is 0 Å². The summed E-state index contributed by atoms with van der Waals surface area (Å²) >= 11 is 0. The van der Waals surface area contributed by atoms with Crippen LogP contribution in [0.2, 0.25) is 0 Å². The summed E-state index contributed by atoms with van der Waals surface area (Å²) in [5.41, 5.74) is -0.326. The highest BCUT2D eigenvalue weighted by molar-refractivity contribution is 6.03. The number of hydrogen-bond donors (Lipinski definition) is 4. The van der Waals surface area contributed by atoms with E-state index in [4.69, 9.17) is 14.6 Å². The van der Waals surface area contributed by atoms with Crippen LogP contribution in [0.5, 0.6) is 0 Å². The van der Waals surface area contributed by atoms with Crippen LogP contribution in [0.25, 0.3) is 0 Å². The normalized spacial score (nSPS) is 28.9. The molecule has 0 bridgehead atoms. The van der Waals surface area contributed by atoms with E-state index in [1.54, 1.807) is 0 Å². The summed E-state index contributed by atoms with van der Waals surface area (Å²) in [5, 5.41) is 38.1. The van der Waals surface area contributed by atoms with Gasteiger partial charge in [-0.15, -0.1) is 0 Å². The minimum Gasteiger partial charge on any atom is -0.479 e. The molecule has 25 heavy (non-hydrogen) atoms. The molecule has 4 N–H and O–H groups in total. The topological polar surface area (TPSA) is 160 Å². The fraction of sp³-hybridized carbons (Fsp3) is 0.400. The van der Waals surface area contributed by atoms with Gasteiger partial charge < -0.3 is 34.6 Å². The summed E-state index contributed by atoms with van der Waals surface area (Å²) in [6, 6.07) is 5.48. The maximum Gasteiger partial charge on any atom is 0.341 e. The molecule has 1 fully saturated rings. The van der Waals surface area contributed by atoms with E-state index in [0.717, 1.165) is 7.11 Å². The molecule has 10 nitrogen and oxygen atoms in total. The van der Waals surface area contributed by atoms with Crippen molar-refractivity contribution in [2.24, 2.45) is 0 Å². The number of aliphatic hydroxyl groups excluding tert-OH is 3. The van der Waals surface area contributed by atoms with Crippen molar-refractivity contribution < 1.29 is 49.0 Å². The Hall–Kier alpha value is -2.53. The summed E-state index contributed by atoms with van der Waals surface area (Å²) in [4.78, 5) is 34.9. The maximum atomic E-state index is 12.3. The first-order valence-electron chi connectivity index (χ1n) is 7.08. The van der Waals surface area contributed by atoms with Crippen LogP contribution in [0.15, 0.2) is 24.3 Å². The third-order valence-corrected chi connectivity index (χ3v) is 3.59. The van der Waals surface area contributed by atoms with E-state index >= 15 is 0 Å². The lowest BCUT2D eigenvalue weighted by Gasteiger charge is -2.37. The molecular formula is C15H16O10. The van der Waals surface area contributed by atoms with Crippen molar-refractivity contribution in [3.8, 4) is 0 Å².